The summed E-state index contributed by atoms with van der Waals surface area (Å²) in [5.74, 6) is -0.396. The van der Waals surface area contributed by atoms with Crippen LogP contribution in [0.25, 0.3) is 5.78 Å². The number of rotatable bonds is 6. The number of nitrogens with one attached hydrogen (secondary N) is 1. The number of ether oxygens (including phenoxy) is 1. The first-order valence-corrected chi connectivity index (χ1v) is 9.89. The van der Waals surface area contributed by atoms with Gasteiger partial charge in [0.25, 0.3) is 11.7 Å². The van der Waals surface area contributed by atoms with E-state index < -0.39 is 5.97 Å². The van der Waals surface area contributed by atoms with Crippen molar-refractivity contribution in [3.8, 4) is 0 Å². The Balaban J connectivity index is 1.63. The van der Waals surface area contributed by atoms with Crippen molar-refractivity contribution in [2.75, 3.05) is 18.2 Å². The Morgan fingerprint density at radius 2 is 2.00 bits per heavy atom. The smallest absolute Gasteiger partial charge is 0.310 e. The van der Waals surface area contributed by atoms with E-state index in [4.69, 9.17) is 4.74 Å². The van der Waals surface area contributed by atoms with Crippen LogP contribution in [0, 0.1) is 20.8 Å². The summed E-state index contributed by atoms with van der Waals surface area (Å²) >= 11 is 1.42. The van der Waals surface area contributed by atoms with Crippen LogP contribution < -0.4 is 5.32 Å². The summed E-state index contributed by atoms with van der Waals surface area (Å²) in [5, 5.41) is 7.68. The van der Waals surface area contributed by atoms with Crippen LogP contribution in [0.1, 0.15) is 22.5 Å². The Kier molecular flexibility index (Phi) is 5.93. The van der Waals surface area contributed by atoms with E-state index in [0.717, 1.165) is 11.3 Å². The van der Waals surface area contributed by atoms with E-state index in [1.165, 1.54) is 11.8 Å². The quantitative estimate of drug-likeness (QED) is 0.502. The van der Waals surface area contributed by atoms with E-state index in [2.05, 4.69) is 20.4 Å². The van der Waals surface area contributed by atoms with E-state index >= 15 is 0 Å². The highest BCUT2D eigenvalue weighted by molar-refractivity contribution is 7.98. The number of benzene rings is 1. The number of aryl methyl sites for hydroxylation is 3. The number of amides is 1. The highest BCUT2D eigenvalue weighted by Crippen LogP contribution is 2.17. The molecule has 1 aromatic carbocycles. The highest BCUT2D eigenvalue weighted by atomic mass is 32.2. The van der Waals surface area contributed by atoms with Crippen molar-refractivity contribution in [2.45, 2.75) is 32.3 Å². The average Bonchev–Trinajstić information content (AvgIpc) is 3.07. The predicted molar refractivity (Wildman–Crippen MR) is 107 cm³/mol. The Morgan fingerprint density at radius 1 is 1.21 bits per heavy atom. The van der Waals surface area contributed by atoms with E-state index in [1.807, 2.05) is 45.2 Å². The summed E-state index contributed by atoms with van der Waals surface area (Å²) in [7, 11) is 0. The lowest BCUT2D eigenvalue weighted by atomic mass is 10.1. The maximum absolute atomic E-state index is 12.2. The van der Waals surface area contributed by atoms with Crippen LogP contribution in [-0.2, 0) is 20.7 Å². The first kappa shape index (κ1) is 19.8. The number of nitrogens with zero attached hydrogens (tertiary/aromatic N) is 4. The molecule has 2 aromatic heterocycles. The predicted octanol–water partition coefficient (Wildman–Crippen LogP) is 2.50. The second-order valence-electron chi connectivity index (χ2n) is 6.33. The molecule has 3 aromatic rings. The summed E-state index contributed by atoms with van der Waals surface area (Å²) in [6, 6.07) is 7.40. The van der Waals surface area contributed by atoms with E-state index in [9.17, 15) is 9.59 Å². The third-order valence-electron chi connectivity index (χ3n) is 4.20. The van der Waals surface area contributed by atoms with E-state index in [0.29, 0.717) is 27.9 Å². The third-order valence-corrected chi connectivity index (χ3v) is 4.74. The summed E-state index contributed by atoms with van der Waals surface area (Å²) < 4.78 is 6.75. The molecule has 28 heavy (non-hydrogen) atoms. The zero-order valence-corrected chi connectivity index (χ0v) is 17.0. The number of fused-ring (bicyclic) bond motifs is 1. The molecule has 146 valence electrons. The lowest BCUT2D eigenvalue weighted by Crippen LogP contribution is -2.22. The van der Waals surface area contributed by atoms with Gasteiger partial charge in [-0.05, 0) is 44.7 Å². The number of hydrogen-bond acceptors (Lipinski definition) is 7. The Bertz CT molecular complexity index is 1050. The zero-order chi connectivity index (χ0) is 20.3. The summed E-state index contributed by atoms with van der Waals surface area (Å²) in [6.07, 6.45) is 1.89. The molecule has 8 nitrogen and oxygen atoms in total. The fourth-order valence-electron chi connectivity index (χ4n) is 2.79. The van der Waals surface area contributed by atoms with E-state index in [-0.39, 0.29) is 18.9 Å². The number of hydrogen-bond donors (Lipinski definition) is 1. The van der Waals surface area contributed by atoms with Crippen molar-refractivity contribution in [1.82, 2.24) is 19.6 Å². The maximum Gasteiger partial charge on any atom is 0.310 e. The van der Waals surface area contributed by atoms with Gasteiger partial charge in [-0.3, -0.25) is 9.59 Å². The molecule has 0 atom stereocenters. The van der Waals surface area contributed by atoms with Crippen molar-refractivity contribution >= 4 is 35.1 Å². The fourth-order valence-corrected chi connectivity index (χ4v) is 3.13. The normalized spacial score (nSPS) is 10.9. The lowest BCUT2D eigenvalue weighted by molar-refractivity contribution is -0.146. The first-order valence-electron chi connectivity index (χ1n) is 8.66. The van der Waals surface area contributed by atoms with Crippen LogP contribution >= 0.6 is 11.8 Å². The number of carbonyl (C=O) groups excluding carboxylic acids is 2. The fraction of sp³-hybridized carbons (Fsp3) is 0.316. The zero-order valence-electron chi connectivity index (χ0n) is 16.1. The van der Waals surface area contributed by atoms with Crippen molar-refractivity contribution in [1.29, 1.82) is 0 Å². The van der Waals surface area contributed by atoms with Gasteiger partial charge in [0.05, 0.1) is 6.42 Å². The van der Waals surface area contributed by atoms with Crippen LogP contribution in [0.4, 0.5) is 5.69 Å². The Labute approximate surface area is 166 Å². The van der Waals surface area contributed by atoms with Crippen LogP contribution in [0.2, 0.25) is 0 Å². The maximum atomic E-state index is 12.2. The van der Waals surface area contributed by atoms with Crippen LogP contribution in [0.3, 0.4) is 0 Å². The largest absolute Gasteiger partial charge is 0.455 e. The Morgan fingerprint density at radius 3 is 2.71 bits per heavy atom. The second-order valence-corrected chi connectivity index (χ2v) is 7.10. The van der Waals surface area contributed by atoms with Crippen molar-refractivity contribution in [3.05, 3.63) is 46.8 Å². The van der Waals surface area contributed by atoms with Gasteiger partial charge < -0.3 is 10.1 Å². The Hall–Kier alpha value is -2.94. The molecule has 0 aliphatic heterocycles. The monoisotopic (exact) mass is 399 g/mol. The molecule has 9 heteroatoms. The molecular weight excluding hydrogens is 378 g/mol. The molecular formula is C19H21N5O3S. The van der Waals surface area contributed by atoms with Crippen molar-refractivity contribution < 1.29 is 14.3 Å². The standard InChI is InChI=1S/C19H21N5O3S/c1-11-6-5-7-14(8-11)21-16(25)10-27-17(26)9-15-12(2)20-18-22-19(28-4)23-24(18)13(15)3/h5-8H,9-10H2,1-4H3,(H,21,25). The summed E-state index contributed by atoms with van der Waals surface area (Å²) in [6.45, 7) is 5.25. The molecule has 0 fully saturated rings. The summed E-state index contributed by atoms with van der Waals surface area (Å²) in [5.41, 5.74) is 3.87. The minimum atomic E-state index is -0.503. The molecule has 0 radical (unpaired) electrons. The van der Waals surface area contributed by atoms with Gasteiger partial charge in [0, 0.05) is 22.6 Å². The second kappa shape index (κ2) is 8.39. The molecule has 0 bridgehead atoms. The molecule has 0 aliphatic rings. The van der Waals surface area contributed by atoms with Gasteiger partial charge in [-0.2, -0.15) is 4.98 Å². The molecule has 1 amide bonds. The van der Waals surface area contributed by atoms with Gasteiger partial charge in [-0.15, -0.1) is 5.10 Å². The van der Waals surface area contributed by atoms with Crippen molar-refractivity contribution in [2.24, 2.45) is 0 Å². The van der Waals surface area contributed by atoms with Gasteiger partial charge in [-0.25, -0.2) is 9.50 Å². The highest BCUT2D eigenvalue weighted by Gasteiger charge is 2.17. The van der Waals surface area contributed by atoms with Gasteiger partial charge >= 0.3 is 5.97 Å². The van der Waals surface area contributed by atoms with Gasteiger partial charge in [0.15, 0.2) is 6.61 Å². The molecule has 2 heterocycles. The minimum absolute atomic E-state index is 0.00674. The SMILES string of the molecule is CSc1nc2nc(C)c(CC(=O)OCC(=O)Nc3cccc(C)c3)c(C)n2n1. The first-order chi connectivity index (χ1) is 13.4. The molecule has 0 unspecified atom stereocenters. The van der Waals surface area contributed by atoms with Crippen molar-refractivity contribution in [3.63, 3.8) is 0 Å². The molecule has 0 spiro atoms. The molecule has 3 rings (SSSR count). The van der Waals surface area contributed by atoms with Crippen LogP contribution in [0.5, 0.6) is 0 Å². The number of carbonyl (C=O) groups is 2. The molecule has 0 saturated heterocycles. The van der Waals surface area contributed by atoms with E-state index in [1.54, 1.807) is 10.6 Å². The van der Waals surface area contributed by atoms with Gasteiger partial charge in [0.2, 0.25) is 5.16 Å². The van der Waals surface area contributed by atoms with Gasteiger partial charge in [0.1, 0.15) is 0 Å². The van der Waals surface area contributed by atoms with Crippen LogP contribution in [0.15, 0.2) is 29.4 Å². The molecule has 1 N–H and O–H groups in total. The number of anilines is 1. The summed E-state index contributed by atoms with van der Waals surface area (Å²) in [4.78, 5) is 33.0. The van der Waals surface area contributed by atoms with Crippen LogP contribution in [-0.4, -0.2) is 44.3 Å². The topological polar surface area (TPSA) is 98.5 Å². The molecule has 0 aliphatic carbocycles. The number of aromatic nitrogens is 4. The third kappa shape index (κ3) is 4.48. The lowest BCUT2D eigenvalue weighted by Gasteiger charge is -2.10. The molecule has 0 saturated carbocycles. The average molecular weight is 399 g/mol. The number of thioether (sulfide) groups is 1. The van der Waals surface area contributed by atoms with Gasteiger partial charge in [-0.1, -0.05) is 23.9 Å². The number of esters is 1. The minimum Gasteiger partial charge on any atom is -0.455 e.